The smallest absolute Gasteiger partial charge is 0.335 e. The number of hydrogen-bond donors (Lipinski definition) is 2. The highest BCUT2D eigenvalue weighted by Gasteiger charge is 2.08. The molecule has 6 heteroatoms. The van der Waals surface area contributed by atoms with Gasteiger partial charge in [-0.05, 0) is 29.7 Å². The van der Waals surface area contributed by atoms with Gasteiger partial charge in [0, 0.05) is 11.6 Å². The Bertz CT molecular complexity index is 640. The molecule has 0 aliphatic rings. The molecule has 0 saturated carbocycles. The van der Waals surface area contributed by atoms with Crippen LogP contribution in [0.4, 0.5) is 5.82 Å². The first-order chi connectivity index (χ1) is 9.11. The van der Waals surface area contributed by atoms with Crippen LogP contribution < -0.4 is 5.32 Å². The van der Waals surface area contributed by atoms with Crippen molar-refractivity contribution in [3.63, 3.8) is 0 Å². The van der Waals surface area contributed by atoms with Gasteiger partial charge < -0.3 is 15.2 Å². The first-order valence-corrected chi connectivity index (χ1v) is 5.54. The summed E-state index contributed by atoms with van der Waals surface area (Å²) in [5, 5.41) is 13.3. The molecule has 2 N–H and O–H groups in total. The van der Waals surface area contributed by atoms with Gasteiger partial charge in [0.25, 0.3) is 0 Å². The summed E-state index contributed by atoms with van der Waals surface area (Å²) < 4.78 is 4.53. The molecular formula is C13H12N2O4. The highest BCUT2D eigenvalue weighted by atomic mass is 16.5. The van der Waals surface area contributed by atoms with E-state index in [0.717, 1.165) is 10.8 Å². The molecule has 2 aromatic rings. The number of carboxylic acids is 1. The maximum atomic E-state index is 11.1. The number of pyridine rings is 1. The molecule has 1 aromatic carbocycles. The highest BCUT2D eigenvalue weighted by molar-refractivity contribution is 5.98. The van der Waals surface area contributed by atoms with Crippen LogP contribution in [-0.2, 0) is 9.53 Å². The molecule has 0 spiro atoms. The van der Waals surface area contributed by atoms with Crippen molar-refractivity contribution in [2.24, 2.45) is 0 Å². The lowest BCUT2D eigenvalue weighted by molar-refractivity contribution is -0.138. The number of hydrogen-bond acceptors (Lipinski definition) is 5. The largest absolute Gasteiger partial charge is 0.478 e. The van der Waals surface area contributed by atoms with Gasteiger partial charge in [-0.1, -0.05) is 0 Å². The van der Waals surface area contributed by atoms with E-state index in [4.69, 9.17) is 5.11 Å². The Balaban J connectivity index is 2.35. The van der Waals surface area contributed by atoms with Crippen molar-refractivity contribution in [1.29, 1.82) is 0 Å². The van der Waals surface area contributed by atoms with E-state index >= 15 is 0 Å². The summed E-state index contributed by atoms with van der Waals surface area (Å²) in [6.45, 7) is 0.00327. The SMILES string of the molecule is COC(=O)CNc1nccc2cc(C(=O)O)ccc12. The summed E-state index contributed by atoms with van der Waals surface area (Å²) in [6.07, 6.45) is 1.55. The monoisotopic (exact) mass is 260 g/mol. The lowest BCUT2D eigenvalue weighted by atomic mass is 10.1. The van der Waals surface area contributed by atoms with Crippen LogP contribution in [0.15, 0.2) is 30.5 Å². The standard InChI is InChI=1S/C13H12N2O4/c1-19-11(16)7-15-12-10-3-2-9(13(17)18)6-8(10)4-5-14-12/h2-6H,7H2,1H3,(H,14,15)(H,17,18). The lowest BCUT2D eigenvalue weighted by Crippen LogP contribution is -2.15. The number of carbonyl (C=O) groups excluding carboxylic acids is 1. The average molecular weight is 260 g/mol. The van der Waals surface area contributed by atoms with Crippen LogP contribution in [-0.4, -0.2) is 35.7 Å². The lowest BCUT2D eigenvalue weighted by Gasteiger charge is -2.08. The Hall–Kier alpha value is -2.63. The van der Waals surface area contributed by atoms with Crippen molar-refractivity contribution in [3.05, 3.63) is 36.0 Å². The normalized spacial score (nSPS) is 10.2. The number of nitrogens with one attached hydrogen (secondary N) is 1. The number of carbonyl (C=O) groups is 2. The van der Waals surface area contributed by atoms with Gasteiger partial charge in [-0.3, -0.25) is 4.79 Å². The van der Waals surface area contributed by atoms with Crippen molar-refractivity contribution < 1.29 is 19.4 Å². The number of methoxy groups -OCH3 is 1. The van der Waals surface area contributed by atoms with Crippen LogP contribution >= 0.6 is 0 Å². The Morgan fingerprint density at radius 2 is 2.16 bits per heavy atom. The maximum absolute atomic E-state index is 11.1. The first-order valence-electron chi connectivity index (χ1n) is 5.54. The Kier molecular flexibility index (Phi) is 3.61. The van der Waals surface area contributed by atoms with Crippen LogP contribution in [0.3, 0.4) is 0 Å². The third-order valence-electron chi connectivity index (χ3n) is 2.64. The summed E-state index contributed by atoms with van der Waals surface area (Å²) in [5.41, 5.74) is 0.206. The third kappa shape index (κ3) is 2.79. The van der Waals surface area contributed by atoms with Crippen LogP contribution in [0.2, 0.25) is 0 Å². The summed E-state index contributed by atoms with van der Waals surface area (Å²) in [5.74, 6) is -0.872. The Labute approximate surface area is 109 Å². The molecule has 0 aliphatic carbocycles. The zero-order chi connectivity index (χ0) is 13.8. The van der Waals surface area contributed by atoms with E-state index in [2.05, 4.69) is 15.0 Å². The van der Waals surface area contributed by atoms with Crippen molar-refractivity contribution in [3.8, 4) is 0 Å². The minimum absolute atomic E-state index is 0.00327. The Morgan fingerprint density at radius 3 is 2.84 bits per heavy atom. The minimum Gasteiger partial charge on any atom is -0.478 e. The van der Waals surface area contributed by atoms with E-state index < -0.39 is 11.9 Å². The van der Waals surface area contributed by atoms with Crippen molar-refractivity contribution >= 4 is 28.5 Å². The molecule has 0 bridgehead atoms. The molecule has 6 nitrogen and oxygen atoms in total. The number of aromatic carboxylic acids is 1. The van der Waals surface area contributed by atoms with E-state index in [-0.39, 0.29) is 12.1 Å². The van der Waals surface area contributed by atoms with E-state index in [0.29, 0.717) is 5.82 Å². The van der Waals surface area contributed by atoms with E-state index in [1.54, 1.807) is 24.4 Å². The van der Waals surface area contributed by atoms with Gasteiger partial charge in [0.1, 0.15) is 12.4 Å². The minimum atomic E-state index is -0.984. The quantitative estimate of drug-likeness (QED) is 0.810. The van der Waals surface area contributed by atoms with E-state index in [9.17, 15) is 9.59 Å². The second kappa shape index (κ2) is 5.34. The van der Waals surface area contributed by atoms with Gasteiger partial charge in [0.15, 0.2) is 0 Å². The van der Waals surface area contributed by atoms with Gasteiger partial charge in [0.2, 0.25) is 0 Å². The molecule has 98 valence electrons. The fourth-order valence-corrected chi connectivity index (χ4v) is 1.68. The second-order valence-electron chi connectivity index (χ2n) is 3.83. The molecular weight excluding hydrogens is 248 g/mol. The van der Waals surface area contributed by atoms with Gasteiger partial charge in [-0.15, -0.1) is 0 Å². The number of ether oxygens (including phenoxy) is 1. The summed E-state index contributed by atoms with van der Waals surface area (Å²) in [6, 6.07) is 6.43. The first kappa shape index (κ1) is 12.8. The van der Waals surface area contributed by atoms with Gasteiger partial charge in [0.05, 0.1) is 12.7 Å². The predicted octanol–water partition coefficient (Wildman–Crippen LogP) is 1.52. The number of nitrogens with zero attached hydrogens (tertiary/aromatic N) is 1. The second-order valence-corrected chi connectivity index (χ2v) is 3.83. The fraction of sp³-hybridized carbons (Fsp3) is 0.154. The van der Waals surface area contributed by atoms with Crippen LogP contribution in [0.25, 0.3) is 10.8 Å². The van der Waals surface area contributed by atoms with Crippen LogP contribution in [0.5, 0.6) is 0 Å². The van der Waals surface area contributed by atoms with Crippen LogP contribution in [0, 0.1) is 0 Å². The molecule has 1 aromatic heterocycles. The Morgan fingerprint density at radius 1 is 1.37 bits per heavy atom. The molecule has 0 atom stereocenters. The fourth-order valence-electron chi connectivity index (χ4n) is 1.68. The zero-order valence-electron chi connectivity index (χ0n) is 10.2. The number of esters is 1. The van der Waals surface area contributed by atoms with Gasteiger partial charge in [-0.2, -0.15) is 0 Å². The summed E-state index contributed by atoms with van der Waals surface area (Å²) >= 11 is 0. The summed E-state index contributed by atoms with van der Waals surface area (Å²) in [7, 11) is 1.31. The number of anilines is 1. The van der Waals surface area contributed by atoms with Gasteiger partial charge >= 0.3 is 11.9 Å². The van der Waals surface area contributed by atoms with E-state index in [1.165, 1.54) is 13.2 Å². The molecule has 0 saturated heterocycles. The molecule has 1 heterocycles. The number of fused-ring (bicyclic) bond motifs is 1. The van der Waals surface area contributed by atoms with Gasteiger partial charge in [-0.25, -0.2) is 9.78 Å². The van der Waals surface area contributed by atoms with Crippen molar-refractivity contribution in [2.45, 2.75) is 0 Å². The number of carboxylic acid groups (broad SMARTS) is 1. The highest BCUT2D eigenvalue weighted by Crippen LogP contribution is 2.22. The summed E-state index contributed by atoms with van der Waals surface area (Å²) in [4.78, 5) is 26.1. The molecule has 0 aliphatic heterocycles. The number of benzene rings is 1. The molecule has 0 radical (unpaired) electrons. The average Bonchev–Trinajstić information content (AvgIpc) is 2.43. The number of rotatable bonds is 4. The van der Waals surface area contributed by atoms with E-state index in [1.807, 2.05) is 0 Å². The molecule has 19 heavy (non-hydrogen) atoms. The maximum Gasteiger partial charge on any atom is 0.335 e. The number of aromatic nitrogens is 1. The molecule has 0 fully saturated rings. The topological polar surface area (TPSA) is 88.5 Å². The van der Waals surface area contributed by atoms with Crippen molar-refractivity contribution in [2.75, 3.05) is 19.0 Å². The molecule has 2 rings (SSSR count). The van der Waals surface area contributed by atoms with Crippen LogP contribution in [0.1, 0.15) is 10.4 Å². The molecule has 0 amide bonds. The third-order valence-corrected chi connectivity index (χ3v) is 2.64. The van der Waals surface area contributed by atoms with Crippen molar-refractivity contribution in [1.82, 2.24) is 4.98 Å². The predicted molar refractivity (Wildman–Crippen MR) is 69.2 cm³/mol. The molecule has 0 unspecified atom stereocenters. The zero-order valence-corrected chi connectivity index (χ0v) is 10.2.